The maximum absolute atomic E-state index is 12.8. The van der Waals surface area contributed by atoms with E-state index in [-0.39, 0.29) is 20.8 Å². The fourth-order valence-corrected chi connectivity index (χ4v) is 5.25. The lowest BCUT2D eigenvalue weighted by atomic mass is 9.87. The molecule has 0 heterocycles. The summed E-state index contributed by atoms with van der Waals surface area (Å²) in [5.74, 6) is 0. The monoisotopic (exact) mass is 400 g/mol. The van der Waals surface area contributed by atoms with Crippen LogP contribution in [0.3, 0.4) is 0 Å². The first kappa shape index (κ1) is 20.0. The minimum absolute atomic E-state index is 0.00985. The average Bonchev–Trinajstić information content (AvgIpc) is 2.44. The molecule has 8 heteroatoms. The highest BCUT2D eigenvalue weighted by Gasteiger charge is 2.24. The minimum Gasteiger partial charge on any atom is -0.282 e. The molecule has 0 aromatic heterocycles. The molecule has 0 fully saturated rings. The molecule has 2 aromatic rings. The summed E-state index contributed by atoms with van der Waals surface area (Å²) in [6, 6.07) is 8.26. The van der Waals surface area contributed by atoms with Gasteiger partial charge in [0.1, 0.15) is 0 Å². The van der Waals surface area contributed by atoms with Gasteiger partial charge >= 0.3 is 0 Å². The van der Waals surface area contributed by atoms with Crippen LogP contribution in [0, 0.1) is 6.92 Å². The number of thiol groups is 1. The lowest BCUT2D eigenvalue weighted by molar-refractivity contribution is 0.482. The summed E-state index contributed by atoms with van der Waals surface area (Å²) < 4.78 is 57.8. The van der Waals surface area contributed by atoms with Crippen molar-refractivity contribution in [2.45, 2.75) is 52.7 Å². The van der Waals surface area contributed by atoms with E-state index in [0.29, 0.717) is 4.90 Å². The summed E-state index contributed by atoms with van der Waals surface area (Å²) in [5, 5.41) is 0. The van der Waals surface area contributed by atoms with Gasteiger partial charge in [0.15, 0.2) is 0 Å². The number of sulfone groups is 1. The van der Waals surface area contributed by atoms with E-state index >= 15 is 0 Å². The van der Waals surface area contributed by atoms with Gasteiger partial charge in [0.05, 0.1) is 14.7 Å². The number of hydrogen-bond donors (Lipinski definition) is 2. The van der Waals surface area contributed by atoms with Gasteiger partial charge in [0.2, 0.25) is 9.84 Å². The Morgan fingerprint density at radius 3 is 1.92 bits per heavy atom. The van der Waals surface area contributed by atoms with Crippen LogP contribution in [0.1, 0.15) is 31.9 Å². The molecule has 0 aliphatic rings. The highest BCUT2D eigenvalue weighted by molar-refractivity contribution is 7.91. The lowest BCUT2D eigenvalue weighted by Gasteiger charge is -2.21. The van der Waals surface area contributed by atoms with Gasteiger partial charge in [-0.25, -0.2) is 8.42 Å². The predicted molar refractivity (Wildman–Crippen MR) is 98.8 cm³/mol. The molecule has 136 valence electrons. The molecule has 0 spiro atoms. The van der Waals surface area contributed by atoms with E-state index in [4.69, 9.17) is 0 Å². The van der Waals surface area contributed by atoms with Crippen LogP contribution in [0.2, 0.25) is 0 Å². The Labute approximate surface area is 154 Å². The van der Waals surface area contributed by atoms with Crippen LogP contribution in [0.5, 0.6) is 0 Å². The summed E-state index contributed by atoms with van der Waals surface area (Å²) in [6.45, 7) is 7.46. The van der Waals surface area contributed by atoms with Gasteiger partial charge in [-0.2, -0.15) is 8.42 Å². The van der Waals surface area contributed by atoms with Crippen molar-refractivity contribution in [3.8, 4) is 0 Å². The van der Waals surface area contributed by atoms with Crippen molar-refractivity contribution in [1.82, 2.24) is 0 Å². The van der Waals surface area contributed by atoms with Gasteiger partial charge in [-0.1, -0.05) is 32.9 Å². The van der Waals surface area contributed by atoms with Gasteiger partial charge in [0.25, 0.3) is 10.1 Å². The molecule has 0 aliphatic heterocycles. The molecule has 0 saturated heterocycles. The summed E-state index contributed by atoms with van der Waals surface area (Å²) in [7, 11) is -8.46. The third-order valence-corrected chi connectivity index (χ3v) is 6.95. The van der Waals surface area contributed by atoms with Crippen LogP contribution in [-0.2, 0) is 25.4 Å². The van der Waals surface area contributed by atoms with Gasteiger partial charge in [-0.3, -0.25) is 4.55 Å². The van der Waals surface area contributed by atoms with Gasteiger partial charge in [0, 0.05) is 4.90 Å². The van der Waals surface area contributed by atoms with E-state index in [1.165, 1.54) is 31.2 Å². The molecule has 2 rings (SSSR count). The zero-order valence-electron chi connectivity index (χ0n) is 14.3. The summed E-state index contributed by atoms with van der Waals surface area (Å²) in [5.41, 5.74) is 0.971. The molecule has 1 N–H and O–H groups in total. The Hall–Kier alpha value is -1.35. The molecule has 0 aliphatic carbocycles. The van der Waals surface area contributed by atoms with E-state index in [2.05, 4.69) is 12.6 Å². The molecule has 25 heavy (non-hydrogen) atoms. The molecule has 0 radical (unpaired) electrons. The molecule has 0 unspecified atom stereocenters. The van der Waals surface area contributed by atoms with Crippen molar-refractivity contribution in [3.63, 3.8) is 0 Å². The Bertz CT molecular complexity index is 1030. The van der Waals surface area contributed by atoms with Crippen LogP contribution >= 0.6 is 12.6 Å². The molecular formula is C17H20O5S3. The standard InChI is InChI=1S/C17H20O5S3/c1-11-5-6-13(10-16(11)25(20,21)22)24(18,19)12-7-8-14(15(23)9-12)17(2,3)4/h5-10,23H,1-4H3,(H,20,21,22). The van der Waals surface area contributed by atoms with Crippen LogP contribution in [0.25, 0.3) is 0 Å². The minimum atomic E-state index is -4.51. The van der Waals surface area contributed by atoms with Gasteiger partial charge in [-0.05, 0) is 47.7 Å². The molecule has 2 aromatic carbocycles. The quantitative estimate of drug-likeness (QED) is 0.606. The topological polar surface area (TPSA) is 88.5 Å². The number of aryl methyl sites for hydroxylation is 1. The fourth-order valence-electron chi connectivity index (χ4n) is 2.47. The Morgan fingerprint density at radius 1 is 0.920 bits per heavy atom. The molecule has 5 nitrogen and oxygen atoms in total. The summed E-state index contributed by atoms with van der Waals surface area (Å²) >= 11 is 4.39. The molecule has 0 amide bonds. The zero-order valence-corrected chi connectivity index (χ0v) is 16.8. The smallest absolute Gasteiger partial charge is 0.282 e. The number of benzene rings is 2. The van der Waals surface area contributed by atoms with Crippen LogP contribution in [-0.4, -0.2) is 21.4 Å². The molecule has 0 atom stereocenters. The highest BCUT2D eigenvalue weighted by atomic mass is 32.2. The third-order valence-electron chi connectivity index (χ3n) is 3.84. The van der Waals surface area contributed by atoms with E-state index < -0.39 is 24.9 Å². The van der Waals surface area contributed by atoms with Crippen molar-refractivity contribution in [1.29, 1.82) is 0 Å². The van der Waals surface area contributed by atoms with Gasteiger partial charge < -0.3 is 0 Å². The molecule has 0 bridgehead atoms. The first-order valence-electron chi connectivity index (χ1n) is 7.41. The van der Waals surface area contributed by atoms with Crippen molar-refractivity contribution >= 4 is 32.6 Å². The van der Waals surface area contributed by atoms with Crippen molar-refractivity contribution < 1.29 is 21.4 Å². The van der Waals surface area contributed by atoms with Crippen molar-refractivity contribution in [3.05, 3.63) is 47.5 Å². The first-order chi connectivity index (χ1) is 11.2. The highest BCUT2D eigenvalue weighted by Crippen LogP contribution is 2.32. The van der Waals surface area contributed by atoms with E-state index in [9.17, 15) is 21.4 Å². The fraction of sp³-hybridized carbons (Fsp3) is 0.294. The van der Waals surface area contributed by atoms with Crippen molar-refractivity contribution in [2.75, 3.05) is 0 Å². The summed E-state index contributed by atoms with van der Waals surface area (Å²) in [4.78, 5) is -0.0840. The maximum atomic E-state index is 12.8. The third kappa shape index (κ3) is 4.08. The zero-order chi connectivity index (χ0) is 19.2. The second-order valence-electron chi connectivity index (χ2n) is 6.83. The van der Waals surface area contributed by atoms with Crippen molar-refractivity contribution in [2.24, 2.45) is 0 Å². The van der Waals surface area contributed by atoms with E-state index in [1.54, 1.807) is 6.07 Å². The molecular weight excluding hydrogens is 380 g/mol. The second kappa shape index (κ2) is 6.42. The Balaban J connectivity index is 2.63. The van der Waals surface area contributed by atoms with E-state index in [1.807, 2.05) is 20.8 Å². The van der Waals surface area contributed by atoms with Crippen LogP contribution < -0.4 is 0 Å². The SMILES string of the molecule is Cc1ccc(S(=O)(=O)c2ccc(C(C)(C)C)c(S)c2)cc1S(=O)(=O)O. The predicted octanol–water partition coefficient (Wildman–Crippen LogP) is 3.66. The van der Waals surface area contributed by atoms with E-state index in [0.717, 1.165) is 11.6 Å². The normalized spacial score (nSPS) is 13.0. The van der Waals surface area contributed by atoms with Crippen LogP contribution in [0.4, 0.5) is 0 Å². The average molecular weight is 401 g/mol. The number of rotatable bonds is 3. The summed E-state index contributed by atoms with van der Waals surface area (Å²) in [6.07, 6.45) is 0. The largest absolute Gasteiger partial charge is 0.294 e. The Morgan fingerprint density at radius 2 is 1.44 bits per heavy atom. The second-order valence-corrected chi connectivity index (χ2v) is 10.7. The maximum Gasteiger partial charge on any atom is 0.294 e. The Kier molecular flexibility index (Phi) is 5.13. The van der Waals surface area contributed by atoms with Crippen LogP contribution in [0.15, 0.2) is 56.0 Å². The molecule has 0 saturated carbocycles. The first-order valence-corrected chi connectivity index (χ1v) is 10.8. The number of hydrogen-bond acceptors (Lipinski definition) is 5. The van der Waals surface area contributed by atoms with Gasteiger partial charge in [-0.15, -0.1) is 12.6 Å². The lowest BCUT2D eigenvalue weighted by Crippen LogP contribution is -2.13.